The maximum atomic E-state index is 11.7. The summed E-state index contributed by atoms with van der Waals surface area (Å²) in [7, 11) is -3.74. The predicted octanol–water partition coefficient (Wildman–Crippen LogP) is 1.05. The first-order valence-electron chi connectivity index (χ1n) is 7.82. The van der Waals surface area contributed by atoms with E-state index in [1.807, 2.05) is 0 Å². The van der Waals surface area contributed by atoms with Gasteiger partial charge in [0.25, 0.3) is 0 Å². The van der Waals surface area contributed by atoms with E-state index >= 15 is 0 Å². The van der Waals surface area contributed by atoms with Crippen molar-refractivity contribution in [2.24, 2.45) is 10.9 Å². The van der Waals surface area contributed by atoms with Gasteiger partial charge in [0.15, 0.2) is 0 Å². The molecular weight excluding hydrogens is 372 g/mol. The molecule has 27 heavy (non-hydrogen) atoms. The van der Waals surface area contributed by atoms with Gasteiger partial charge in [0.2, 0.25) is 15.9 Å². The minimum Gasteiger partial charge on any atom is -0.489 e. The normalized spacial score (nSPS) is 11.4. The molecular formula is C18H16N2O6S. The van der Waals surface area contributed by atoms with Crippen molar-refractivity contribution in [2.45, 2.75) is 17.9 Å². The van der Waals surface area contributed by atoms with Gasteiger partial charge in [-0.25, -0.2) is 18.4 Å². The lowest BCUT2D eigenvalue weighted by Gasteiger charge is -2.09. The number of ether oxygens (including phenoxy) is 1. The van der Waals surface area contributed by atoms with E-state index in [9.17, 15) is 18.0 Å². The average molecular weight is 388 g/mol. The molecule has 0 saturated carbocycles. The largest absolute Gasteiger partial charge is 0.489 e. The van der Waals surface area contributed by atoms with Crippen molar-refractivity contribution >= 4 is 26.9 Å². The minimum atomic E-state index is -3.74. The molecule has 0 spiro atoms. The molecule has 0 fully saturated rings. The Labute approximate surface area is 154 Å². The standard InChI is InChI=1S/C18H16N2O6S/c19-17(21)7-12-8-18(22)26-16-9-13(3-6-15(12)16)25-10-11-1-4-14(5-2-11)27(20,23)24/h1-6,8-9H,7,10H2,(H2,19,21)(H2,20,23,24). The fourth-order valence-electron chi connectivity index (χ4n) is 2.58. The fourth-order valence-corrected chi connectivity index (χ4v) is 3.09. The highest BCUT2D eigenvalue weighted by molar-refractivity contribution is 7.89. The highest BCUT2D eigenvalue weighted by Gasteiger charge is 2.10. The quantitative estimate of drug-likeness (QED) is 0.604. The van der Waals surface area contributed by atoms with Crippen LogP contribution in [0.15, 0.2) is 62.6 Å². The van der Waals surface area contributed by atoms with Crippen molar-refractivity contribution in [3.05, 3.63) is 70.1 Å². The molecule has 140 valence electrons. The summed E-state index contributed by atoms with van der Waals surface area (Å²) in [5.74, 6) is -0.109. The van der Waals surface area contributed by atoms with Gasteiger partial charge in [-0.1, -0.05) is 12.1 Å². The van der Waals surface area contributed by atoms with Crippen LogP contribution in [0.1, 0.15) is 11.1 Å². The molecule has 0 radical (unpaired) electrons. The van der Waals surface area contributed by atoms with Crippen LogP contribution in [0.3, 0.4) is 0 Å². The summed E-state index contributed by atoms with van der Waals surface area (Å²) in [6.07, 6.45) is -0.0707. The number of rotatable bonds is 6. The maximum absolute atomic E-state index is 11.7. The van der Waals surface area contributed by atoms with E-state index in [-0.39, 0.29) is 23.5 Å². The van der Waals surface area contributed by atoms with Crippen LogP contribution >= 0.6 is 0 Å². The van der Waals surface area contributed by atoms with Crippen molar-refractivity contribution in [3.63, 3.8) is 0 Å². The SMILES string of the molecule is NC(=O)Cc1cc(=O)oc2cc(OCc3ccc(S(N)(=O)=O)cc3)ccc12. The summed E-state index contributed by atoms with van der Waals surface area (Å²) in [6, 6.07) is 12.1. The van der Waals surface area contributed by atoms with Gasteiger partial charge in [0.1, 0.15) is 17.9 Å². The highest BCUT2D eigenvalue weighted by Crippen LogP contribution is 2.24. The Morgan fingerprint density at radius 2 is 1.78 bits per heavy atom. The molecule has 0 unspecified atom stereocenters. The Balaban J connectivity index is 1.81. The first kappa shape index (κ1) is 18.6. The summed E-state index contributed by atoms with van der Waals surface area (Å²) >= 11 is 0. The molecule has 1 aromatic heterocycles. The van der Waals surface area contributed by atoms with E-state index < -0.39 is 21.6 Å². The summed E-state index contributed by atoms with van der Waals surface area (Å²) in [4.78, 5) is 22.8. The third-order valence-corrected chi connectivity index (χ3v) is 4.75. The lowest BCUT2D eigenvalue weighted by molar-refractivity contribution is -0.117. The Hall–Kier alpha value is -3.17. The molecule has 8 nitrogen and oxygen atoms in total. The van der Waals surface area contributed by atoms with Crippen molar-refractivity contribution < 1.29 is 22.4 Å². The zero-order valence-electron chi connectivity index (χ0n) is 14.0. The van der Waals surface area contributed by atoms with Crippen LogP contribution in [0.5, 0.6) is 5.75 Å². The molecule has 1 heterocycles. The van der Waals surface area contributed by atoms with Crippen LogP contribution in [-0.2, 0) is 27.8 Å². The van der Waals surface area contributed by atoms with Gasteiger partial charge in [-0.2, -0.15) is 0 Å². The predicted molar refractivity (Wildman–Crippen MR) is 97.5 cm³/mol. The molecule has 0 atom stereocenters. The zero-order chi connectivity index (χ0) is 19.6. The summed E-state index contributed by atoms with van der Waals surface area (Å²) in [5, 5.41) is 5.65. The van der Waals surface area contributed by atoms with Crippen molar-refractivity contribution in [1.29, 1.82) is 0 Å². The van der Waals surface area contributed by atoms with Crippen molar-refractivity contribution in [3.8, 4) is 5.75 Å². The monoisotopic (exact) mass is 388 g/mol. The Morgan fingerprint density at radius 3 is 2.41 bits per heavy atom. The second-order valence-electron chi connectivity index (χ2n) is 5.87. The van der Waals surface area contributed by atoms with Gasteiger partial charge < -0.3 is 14.9 Å². The topological polar surface area (TPSA) is 143 Å². The lowest BCUT2D eigenvalue weighted by atomic mass is 10.1. The molecule has 0 aliphatic heterocycles. The van der Waals surface area contributed by atoms with E-state index in [1.54, 1.807) is 30.3 Å². The summed E-state index contributed by atoms with van der Waals surface area (Å²) in [5.41, 5.74) is 6.11. The van der Waals surface area contributed by atoms with E-state index in [1.165, 1.54) is 18.2 Å². The molecule has 4 N–H and O–H groups in total. The number of nitrogens with two attached hydrogens (primary N) is 2. The van der Waals surface area contributed by atoms with Crippen LogP contribution in [0.2, 0.25) is 0 Å². The molecule has 3 aromatic rings. The van der Waals surface area contributed by atoms with Crippen molar-refractivity contribution in [2.75, 3.05) is 0 Å². The molecule has 0 aliphatic carbocycles. The lowest BCUT2D eigenvalue weighted by Crippen LogP contribution is -2.15. The van der Waals surface area contributed by atoms with Gasteiger partial charge in [-0.15, -0.1) is 0 Å². The third-order valence-electron chi connectivity index (χ3n) is 3.82. The first-order chi connectivity index (χ1) is 12.7. The number of carbonyl (C=O) groups is 1. The molecule has 0 bridgehead atoms. The van der Waals surface area contributed by atoms with Crippen LogP contribution in [0.4, 0.5) is 0 Å². The summed E-state index contributed by atoms with van der Waals surface area (Å²) in [6.45, 7) is 0.168. The second kappa shape index (κ2) is 7.22. The van der Waals surface area contributed by atoms with Gasteiger partial charge in [-0.05, 0) is 35.4 Å². The molecule has 1 amide bonds. The zero-order valence-corrected chi connectivity index (χ0v) is 14.9. The van der Waals surface area contributed by atoms with Gasteiger partial charge in [-0.3, -0.25) is 4.79 Å². The van der Waals surface area contributed by atoms with Crippen LogP contribution < -0.4 is 21.2 Å². The molecule has 2 aromatic carbocycles. The Kier molecular flexibility index (Phi) is 4.98. The minimum absolute atomic E-state index is 0.0145. The maximum Gasteiger partial charge on any atom is 0.336 e. The smallest absolute Gasteiger partial charge is 0.336 e. The van der Waals surface area contributed by atoms with Crippen LogP contribution in [0, 0.1) is 0 Å². The number of benzene rings is 2. The van der Waals surface area contributed by atoms with Gasteiger partial charge in [0.05, 0.1) is 11.3 Å². The number of primary amides is 1. The van der Waals surface area contributed by atoms with Crippen LogP contribution in [-0.4, -0.2) is 14.3 Å². The number of carbonyl (C=O) groups excluding carboxylic acids is 1. The van der Waals surface area contributed by atoms with Crippen molar-refractivity contribution in [1.82, 2.24) is 0 Å². The summed E-state index contributed by atoms with van der Waals surface area (Å²) < 4.78 is 33.3. The van der Waals surface area contributed by atoms with Gasteiger partial charge in [0, 0.05) is 17.5 Å². The van der Waals surface area contributed by atoms with E-state index in [2.05, 4.69) is 0 Å². The fraction of sp³-hybridized carbons (Fsp3) is 0.111. The first-order valence-corrected chi connectivity index (χ1v) is 9.36. The van der Waals surface area contributed by atoms with Crippen LogP contribution in [0.25, 0.3) is 11.0 Å². The number of primary sulfonamides is 1. The molecule has 0 saturated heterocycles. The molecule has 3 rings (SSSR count). The average Bonchev–Trinajstić information content (AvgIpc) is 2.58. The van der Waals surface area contributed by atoms with E-state index in [0.717, 1.165) is 5.56 Å². The third kappa shape index (κ3) is 4.52. The number of hydrogen-bond acceptors (Lipinski definition) is 6. The number of hydrogen-bond donors (Lipinski definition) is 2. The molecule has 9 heteroatoms. The van der Waals surface area contributed by atoms with E-state index in [4.69, 9.17) is 20.0 Å². The Morgan fingerprint density at radius 1 is 1.07 bits per heavy atom. The van der Waals surface area contributed by atoms with E-state index in [0.29, 0.717) is 16.7 Å². The Bertz CT molecular complexity index is 1170. The molecule has 0 aliphatic rings. The van der Waals surface area contributed by atoms with Gasteiger partial charge >= 0.3 is 5.63 Å². The number of sulfonamides is 1. The highest BCUT2D eigenvalue weighted by atomic mass is 32.2. The second-order valence-corrected chi connectivity index (χ2v) is 7.43. The number of fused-ring (bicyclic) bond motifs is 1. The number of amides is 1.